The number of hydrogen-bond donors (Lipinski definition) is 1. The molecule has 0 aromatic heterocycles. The summed E-state index contributed by atoms with van der Waals surface area (Å²) >= 11 is -1.79. The molecule has 0 aromatic carbocycles. The van der Waals surface area contributed by atoms with E-state index in [4.69, 9.17) is 5.11 Å². The van der Waals surface area contributed by atoms with Crippen LogP contribution in [0.2, 0.25) is 8.87 Å². The Balaban J connectivity index is 0. The maximum absolute atomic E-state index is 11.8. The molecule has 0 aromatic rings. The first-order valence-electron chi connectivity index (χ1n) is 10.8. The van der Waals surface area contributed by atoms with Crippen molar-refractivity contribution in [1.29, 1.82) is 0 Å². The summed E-state index contributed by atoms with van der Waals surface area (Å²) in [6.07, 6.45) is 16.4. The molecular formula is C22H44O3Sn. The Hall–Kier alpha value is -0.321. The third kappa shape index (κ3) is 21.7. The van der Waals surface area contributed by atoms with Gasteiger partial charge in [-0.1, -0.05) is 6.58 Å². The van der Waals surface area contributed by atoms with Gasteiger partial charge in [-0.15, -0.1) is 0 Å². The van der Waals surface area contributed by atoms with Crippen molar-refractivity contribution in [3.05, 3.63) is 12.2 Å². The van der Waals surface area contributed by atoms with Crippen molar-refractivity contribution in [2.45, 2.75) is 114 Å². The fraction of sp³-hybridized carbons (Fsp3) is 0.818. The molecule has 154 valence electrons. The second kappa shape index (κ2) is 21.0. The van der Waals surface area contributed by atoms with Gasteiger partial charge in [0.05, 0.1) is 0 Å². The molecule has 0 aliphatic rings. The number of aliphatic carboxylic acids is 1. The third-order valence-corrected chi connectivity index (χ3v) is 14.3. The van der Waals surface area contributed by atoms with E-state index in [0.29, 0.717) is 3.80 Å². The van der Waals surface area contributed by atoms with Crippen LogP contribution in [0.3, 0.4) is 0 Å². The van der Waals surface area contributed by atoms with Crippen molar-refractivity contribution in [2.24, 2.45) is 0 Å². The van der Waals surface area contributed by atoms with Crippen LogP contribution in [0.5, 0.6) is 0 Å². The maximum atomic E-state index is 11.8. The zero-order chi connectivity index (χ0) is 20.2. The van der Waals surface area contributed by atoms with E-state index in [1.165, 1.54) is 92.8 Å². The van der Waals surface area contributed by atoms with E-state index in [2.05, 4.69) is 20.4 Å². The Morgan fingerprint density at radius 1 is 0.731 bits per heavy atom. The first-order chi connectivity index (χ1) is 12.4. The van der Waals surface area contributed by atoms with Crippen molar-refractivity contribution < 1.29 is 14.7 Å². The second-order valence-corrected chi connectivity index (χ2v) is 17.1. The topological polar surface area (TPSA) is 54.4 Å². The molecule has 0 spiro atoms. The summed E-state index contributed by atoms with van der Waals surface area (Å²) in [4.78, 5) is 21.4. The fourth-order valence-electron chi connectivity index (χ4n) is 2.89. The summed E-state index contributed by atoms with van der Waals surface area (Å²) in [5, 5.41) is 7.89. The van der Waals surface area contributed by atoms with Gasteiger partial charge in [-0.3, -0.25) is 0 Å². The second-order valence-electron chi connectivity index (χ2n) is 7.51. The summed E-state index contributed by atoms with van der Waals surface area (Å²) in [6, 6.07) is 0. The van der Waals surface area contributed by atoms with Gasteiger partial charge in [0, 0.05) is 5.57 Å². The van der Waals surface area contributed by atoms with E-state index in [0.717, 1.165) is 0 Å². The van der Waals surface area contributed by atoms with E-state index >= 15 is 0 Å². The Morgan fingerprint density at radius 2 is 1.04 bits per heavy atom. The normalized spacial score (nSPS) is 10.3. The van der Waals surface area contributed by atoms with Crippen molar-refractivity contribution in [2.75, 3.05) is 0 Å². The molecule has 3 nitrogen and oxygen atoms in total. The van der Waals surface area contributed by atoms with Crippen LogP contribution >= 0.6 is 0 Å². The minimum absolute atomic E-state index is 0.176. The van der Waals surface area contributed by atoms with E-state index in [1.807, 2.05) is 6.92 Å². The van der Waals surface area contributed by atoms with Crippen molar-refractivity contribution >= 4 is 29.5 Å². The van der Waals surface area contributed by atoms with E-state index in [9.17, 15) is 9.59 Å². The number of carbonyl (C=O) groups is 2. The number of carboxylic acids is 1. The molecule has 1 N–H and O–H groups in total. The Morgan fingerprint density at radius 3 is 1.31 bits per heavy atom. The molecule has 0 saturated heterocycles. The average molecular weight is 475 g/mol. The first-order valence-corrected chi connectivity index (χ1v) is 17.1. The molecule has 0 rings (SSSR count). The monoisotopic (exact) mass is 476 g/mol. The molecule has 0 bridgehead atoms. The zero-order valence-electron chi connectivity index (χ0n) is 17.9. The molecular weight excluding hydrogens is 431 g/mol. The molecule has 0 amide bonds. The van der Waals surface area contributed by atoms with Crippen LogP contribution in [-0.4, -0.2) is 34.6 Å². The average Bonchev–Trinajstić information content (AvgIpc) is 2.59. The van der Waals surface area contributed by atoms with Crippen LogP contribution in [0, 0.1) is 0 Å². The van der Waals surface area contributed by atoms with Gasteiger partial charge in [-0.05, 0) is 6.92 Å². The van der Waals surface area contributed by atoms with Crippen LogP contribution in [-0.2, 0) is 9.59 Å². The van der Waals surface area contributed by atoms with Crippen LogP contribution in [0.25, 0.3) is 0 Å². The minimum atomic E-state index is -1.79. The number of carbonyl (C=O) groups excluding carboxylic acids is 1. The number of hydrogen-bond acceptors (Lipinski definition) is 2. The number of unbranched alkanes of at least 4 members (excludes halogenated alkanes) is 10. The molecule has 0 unspecified atom stereocenters. The van der Waals surface area contributed by atoms with Crippen LogP contribution in [0.1, 0.15) is 105 Å². The fourth-order valence-corrected chi connectivity index (χ4v) is 10.5. The van der Waals surface area contributed by atoms with Gasteiger partial charge in [0.1, 0.15) is 0 Å². The molecule has 0 aliphatic carbocycles. The van der Waals surface area contributed by atoms with Gasteiger partial charge in [0.2, 0.25) is 0 Å². The molecule has 4 heteroatoms. The van der Waals surface area contributed by atoms with Crippen LogP contribution in [0.15, 0.2) is 12.2 Å². The Bertz CT molecular complexity index is 338. The van der Waals surface area contributed by atoms with Gasteiger partial charge < -0.3 is 5.11 Å². The molecule has 0 heterocycles. The molecule has 0 atom stereocenters. The van der Waals surface area contributed by atoms with Gasteiger partial charge in [-0.25, -0.2) is 4.79 Å². The van der Waals surface area contributed by atoms with Crippen molar-refractivity contribution in [3.8, 4) is 0 Å². The SMILES string of the molecule is C=C(C)C(=O)O.CCCCCCC[CH2][SnH]([CH2]CCCCCCC)[C](C)=O. The van der Waals surface area contributed by atoms with E-state index in [1.54, 1.807) is 0 Å². The van der Waals surface area contributed by atoms with Gasteiger partial charge in [-0.2, -0.15) is 0 Å². The molecule has 0 radical (unpaired) electrons. The Labute approximate surface area is 169 Å². The van der Waals surface area contributed by atoms with Crippen molar-refractivity contribution in [3.63, 3.8) is 0 Å². The summed E-state index contributed by atoms with van der Waals surface area (Å²) in [6.45, 7) is 11.0. The van der Waals surface area contributed by atoms with Crippen molar-refractivity contribution in [1.82, 2.24) is 0 Å². The molecule has 0 aliphatic heterocycles. The van der Waals surface area contributed by atoms with E-state index < -0.39 is 25.7 Å². The van der Waals surface area contributed by atoms with Gasteiger partial charge in [0.25, 0.3) is 0 Å². The predicted molar refractivity (Wildman–Crippen MR) is 117 cm³/mol. The molecule has 0 fully saturated rings. The molecule has 26 heavy (non-hydrogen) atoms. The summed E-state index contributed by atoms with van der Waals surface area (Å²) in [5.74, 6) is -0.935. The van der Waals surface area contributed by atoms with Crippen LogP contribution in [0.4, 0.5) is 0 Å². The number of rotatable bonds is 16. The summed E-state index contributed by atoms with van der Waals surface area (Å²) in [5.41, 5.74) is 0.176. The summed E-state index contributed by atoms with van der Waals surface area (Å²) in [7, 11) is 0. The zero-order valence-corrected chi connectivity index (χ0v) is 21.2. The first kappa shape index (κ1) is 27.9. The Kier molecular flexibility index (Phi) is 22.5. The number of carboxylic acid groups (broad SMARTS) is 1. The third-order valence-electron chi connectivity index (χ3n) is 4.75. The quantitative estimate of drug-likeness (QED) is 0.153. The molecule has 0 saturated carbocycles. The summed E-state index contributed by atoms with van der Waals surface area (Å²) < 4.78 is 3.32. The predicted octanol–water partition coefficient (Wildman–Crippen LogP) is 6.71. The van der Waals surface area contributed by atoms with Gasteiger partial charge in [0.15, 0.2) is 0 Å². The standard InChI is InChI=1S/2C8H17.C4H6O2.C2H3O.Sn.H/c2*1-3-5-7-8-6-4-2;1-3(2)4(5)6;1-2-3;;/h2*1,3-8H2,2H3;1H2,2H3,(H,5,6);1H3;;. The van der Waals surface area contributed by atoms with E-state index in [-0.39, 0.29) is 5.57 Å². The van der Waals surface area contributed by atoms with Crippen LogP contribution < -0.4 is 0 Å². The van der Waals surface area contributed by atoms with Gasteiger partial charge >= 0.3 is 141 Å².